The molecule has 0 aliphatic rings. The highest BCUT2D eigenvalue weighted by molar-refractivity contribution is 5.75. The summed E-state index contributed by atoms with van der Waals surface area (Å²) < 4.78 is 1.46. The minimum absolute atomic E-state index is 0. The van der Waals surface area contributed by atoms with Gasteiger partial charge in [-0.25, -0.2) is 0 Å². The highest BCUT2D eigenvalue weighted by atomic mass is 27.0. The molecule has 0 N–H and O–H groups in total. The van der Waals surface area contributed by atoms with Crippen molar-refractivity contribution in [3.8, 4) is 0 Å². The minimum atomic E-state index is 0. The van der Waals surface area contributed by atoms with Crippen molar-refractivity contribution in [2.45, 2.75) is 130 Å². The van der Waals surface area contributed by atoms with Gasteiger partial charge in [-0.2, -0.15) is 0 Å². The fourth-order valence-corrected chi connectivity index (χ4v) is 4.17. The molecule has 0 bridgehead atoms. The van der Waals surface area contributed by atoms with Gasteiger partial charge in [0.15, 0.2) is 0 Å². The van der Waals surface area contributed by atoms with Crippen LogP contribution in [0, 0.1) is 0 Å². The summed E-state index contributed by atoms with van der Waals surface area (Å²) in [5, 5.41) is 0. The first kappa shape index (κ1) is 28.7. The van der Waals surface area contributed by atoms with E-state index in [-0.39, 0.29) is 17.4 Å². The number of hydrogen-bond acceptors (Lipinski definition) is 0. The molecule has 0 heterocycles. The molecule has 0 aliphatic carbocycles. The van der Waals surface area contributed by atoms with E-state index in [4.69, 9.17) is 0 Å². The zero-order valence-corrected chi connectivity index (χ0v) is 18.6. The highest BCUT2D eigenvalue weighted by Crippen LogP contribution is 2.19. The molecular formula is C24H56AlN. The van der Waals surface area contributed by atoms with Crippen molar-refractivity contribution in [1.82, 2.24) is 0 Å². The van der Waals surface area contributed by atoms with Gasteiger partial charge in [0, 0.05) is 17.4 Å². The van der Waals surface area contributed by atoms with Crippen LogP contribution in [-0.2, 0) is 0 Å². The highest BCUT2D eigenvalue weighted by Gasteiger charge is 2.25. The molecule has 0 saturated carbocycles. The fraction of sp³-hybridized carbons (Fsp3) is 1.00. The van der Waals surface area contributed by atoms with Gasteiger partial charge < -0.3 is 4.48 Å². The summed E-state index contributed by atoms with van der Waals surface area (Å²) in [6.45, 7) is 15.2. The third kappa shape index (κ3) is 16.7. The van der Waals surface area contributed by atoms with Crippen LogP contribution in [0.25, 0.3) is 0 Å². The molecular weight excluding hydrogens is 329 g/mol. The van der Waals surface area contributed by atoms with Gasteiger partial charge in [-0.3, -0.25) is 0 Å². The number of unbranched alkanes of at least 4 members (excludes halogenated alkanes) is 12. The molecule has 0 aromatic heterocycles. The number of rotatable bonds is 20. The molecule has 0 unspecified atom stereocenters. The second kappa shape index (κ2) is 21.8. The van der Waals surface area contributed by atoms with Gasteiger partial charge >= 0.3 is 0 Å². The summed E-state index contributed by atoms with van der Waals surface area (Å²) in [6, 6.07) is 0. The van der Waals surface area contributed by atoms with Crippen LogP contribution in [0.5, 0.6) is 0 Å². The van der Waals surface area contributed by atoms with E-state index in [1.165, 1.54) is 133 Å². The summed E-state index contributed by atoms with van der Waals surface area (Å²) >= 11 is 0. The Kier molecular flexibility index (Phi) is 24.1. The van der Waals surface area contributed by atoms with Crippen LogP contribution in [0.4, 0.5) is 0 Å². The predicted octanol–water partition coefficient (Wildman–Crippen LogP) is 6.67. The van der Waals surface area contributed by atoms with Gasteiger partial charge in [0.05, 0.1) is 26.2 Å². The zero-order chi connectivity index (χ0) is 18.6. The van der Waals surface area contributed by atoms with Crippen molar-refractivity contribution in [3.63, 3.8) is 0 Å². The summed E-state index contributed by atoms with van der Waals surface area (Å²) in [7, 11) is 0. The van der Waals surface area contributed by atoms with E-state index in [0.29, 0.717) is 0 Å². The van der Waals surface area contributed by atoms with E-state index in [1.807, 2.05) is 0 Å². The molecule has 0 fully saturated rings. The molecule has 0 radical (unpaired) electrons. The molecule has 0 spiro atoms. The van der Waals surface area contributed by atoms with Crippen molar-refractivity contribution >= 4 is 17.4 Å². The first-order valence-corrected chi connectivity index (χ1v) is 12.1. The van der Waals surface area contributed by atoms with Crippen LogP contribution >= 0.6 is 0 Å². The molecule has 0 rings (SSSR count). The van der Waals surface area contributed by atoms with Gasteiger partial charge in [-0.15, -0.1) is 0 Å². The van der Waals surface area contributed by atoms with Crippen molar-refractivity contribution in [1.29, 1.82) is 0 Å². The van der Waals surface area contributed by atoms with Crippen LogP contribution in [-0.4, -0.2) is 48.0 Å². The van der Waals surface area contributed by atoms with Crippen molar-refractivity contribution < 1.29 is 4.48 Å². The fourth-order valence-electron chi connectivity index (χ4n) is 4.17. The molecule has 0 aliphatic heterocycles. The summed E-state index contributed by atoms with van der Waals surface area (Å²) in [4.78, 5) is 0. The van der Waals surface area contributed by atoms with Crippen LogP contribution in [0.2, 0.25) is 0 Å². The largest absolute Gasteiger partial charge is 0.324 e. The molecule has 2 heteroatoms. The van der Waals surface area contributed by atoms with Crippen LogP contribution in [0.1, 0.15) is 130 Å². The van der Waals surface area contributed by atoms with Crippen LogP contribution in [0.15, 0.2) is 0 Å². The average molecular weight is 386 g/mol. The number of hydrogen-bond donors (Lipinski definition) is 0. The Morgan fingerprint density at radius 3 is 0.769 bits per heavy atom. The van der Waals surface area contributed by atoms with Gasteiger partial charge in [0.1, 0.15) is 0 Å². The first-order chi connectivity index (χ1) is 12.2. The predicted molar refractivity (Wildman–Crippen MR) is 128 cm³/mol. The standard InChI is InChI=1S/C24H52N.Al.4H/c1-5-9-13-17-21-25(22-18-14-10-6-2,23-19-15-11-7-3)24-20-16-12-8-4;;;;;/h5-24H2,1-4H3;;;;;/q+1;-1;;;;. The van der Waals surface area contributed by atoms with E-state index in [0.717, 1.165) is 0 Å². The zero-order valence-electron chi connectivity index (χ0n) is 18.6. The lowest BCUT2D eigenvalue weighted by Gasteiger charge is -2.39. The first-order valence-electron chi connectivity index (χ1n) is 12.1. The Balaban J connectivity index is 0. The molecule has 0 aromatic carbocycles. The van der Waals surface area contributed by atoms with Gasteiger partial charge in [0.25, 0.3) is 0 Å². The number of quaternary nitrogens is 1. The Morgan fingerprint density at radius 1 is 0.346 bits per heavy atom. The molecule has 26 heavy (non-hydrogen) atoms. The molecule has 0 atom stereocenters. The van der Waals surface area contributed by atoms with Gasteiger partial charge in [-0.05, 0) is 51.4 Å². The van der Waals surface area contributed by atoms with E-state index in [9.17, 15) is 0 Å². The average Bonchev–Trinajstić information content (AvgIpc) is 2.63. The van der Waals surface area contributed by atoms with Crippen LogP contribution in [0.3, 0.4) is 0 Å². The molecule has 0 saturated heterocycles. The maximum atomic E-state index is 2.34. The van der Waals surface area contributed by atoms with Crippen molar-refractivity contribution in [2.75, 3.05) is 26.2 Å². The summed E-state index contributed by atoms with van der Waals surface area (Å²) in [5.41, 5.74) is 0. The Hall–Kier alpha value is 0.492. The second-order valence-corrected chi connectivity index (χ2v) is 8.48. The van der Waals surface area contributed by atoms with Gasteiger partial charge in [0.2, 0.25) is 0 Å². The van der Waals surface area contributed by atoms with Crippen molar-refractivity contribution in [2.24, 2.45) is 0 Å². The Bertz CT molecular complexity index is 201. The lowest BCUT2D eigenvalue weighted by molar-refractivity contribution is -0.929. The third-order valence-corrected chi connectivity index (χ3v) is 5.94. The second-order valence-electron chi connectivity index (χ2n) is 8.48. The smallest absolute Gasteiger partial charge is 0.0786 e. The molecule has 1 nitrogen and oxygen atoms in total. The van der Waals surface area contributed by atoms with E-state index in [2.05, 4.69) is 27.7 Å². The lowest BCUT2D eigenvalue weighted by Crippen LogP contribution is -2.50. The van der Waals surface area contributed by atoms with E-state index < -0.39 is 0 Å². The summed E-state index contributed by atoms with van der Waals surface area (Å²) in [5.74, 6) is 0. The van der Waals surface area contributed by atoms with E-state index in [1.54, 1.807) is 0 Å². The molecule has 0 amide bonds. The maximum absolute atomic E-state index is 2.34. The third-order valence-electron chi connectivity index (χ3n) is 5.94. The SMILES string of the molecule is CCCCCC[N+](CCCCCC)(CCCCCC)CCCCCC.[AlH4-]. The Morgan fingerprint density at radius 2 is 0.577 bits per heavy atom. The molecule has 160 valence electrons. The van der Waals surface area contributed by atoms with Crippen molar-refractivity contribution in [3.05, 3.63) is 0 Å². The molecule has 0 aromatic rings. The topological polar surface area (TPSA) is 0 Å². The number of nitrogens with zero attached hydrogens (tertiary/aromatic N) is 1. The van der Waals surface area contributed by atoms with Crippen LogP contribution < -0.4 is 0 Å². The lowest BCUT2D eigenvalue weighted by atomic mass is 10.1. The monoisotopic (exact) mass is 385 g/mol. The normalized spacial score (nSPS) is 11.5. The minimum Gasteiger partial charge on any atom is -0.324 e. The summed E-state index contributed by atoms with van der Waals surface area (Å²) in [6.07, 6.45) is 22.8. The maximum Gasteiger partial charge on any atom is 0.0786 e. The Labute approximate surface area is 178 Å². The quantitative estimate of drug-likeness (QED) is 0.125. The van der Waals surface area contributed by atoms with Gasteiger partial charge in [-0.1, -0.05) is 79.1 Å². The van der Waals surface area contributed by atoms with E-state index >= 15 is 0 Å².